The van der Waals surface area contributed by atoms with Crippen LogP contribution in [-0.2, 0) is 12.7 Å². The molecule has 1 rings (SSSR count). The number of alkyl halides is 3. The van der Waals surface area contributed by atoms with Crippen LogP contribution in [0.4, 0.5) is 13.2 Å². The van der Waals surface area contributed by atoms with Crippen LogP contribution in [0.5, 0.6) is 0 Å². The Morgan fingerprint density at radius 2 is 2.19 bits per heavy atom. The van der Waals surface area contributed by atoms with Crippen LogP contribution < -0.4 is 5.32 Å². The van der Waals surface area contributed by atoms with Crippen molar-refractivity contribution >= 4 is 0 Å². The Labute approximate surface area is 91.9 Å². The van der Waals surface area contributed by atoms with Gasteiger partial charge in [0.1, 0.15) is 0 Å². The molecule has 5 heteroatoms. The van der Waals surface area contributed by atoms with Crippen LogP contribution in [0.3, 0.4) is 0 Å². The van der Waals surface area contributed by atoms with E-state index in [0.717, 1.165) is 6.07 Å². The van der Waals surface area contributed by atoms with E-state index < -0.39 is 11.7 Å². The topological polar surface area (TPSA) is 24.9 Å². The van der Waals surface area contributed by atoms with Crippen molar-refractivity contribution in [3.63, 3.8) is 0 Å². The molecule has 1 heterocycles. The van der Waals surface area contributed by atoms with E-state index in [4.69, 9.17) is 0 Å². The predicted octanol–water partition coefficient (Wildman–Crippen LogP) is 2.21. The van der Waals surface area contributed by atoms with Gasteiger partial charge in [0.05, 0.1) is 17.8 Å². The Kier molecular flexibility index (Phi) is 4.32. The molecule has 0 saturated heterocycles. The van der Waals surface area contributed by atoms with Gasteiger partial charge in [-0.1, -0.05) is 5.92 Å². The van der Waals surface area contributed by atoms with E-state index in [1.165, 1.54) is 12.3 Å². The standard InChI is InChI=1S/C11H11F3N2/c1-2-3-6-15-8-10-9(11(12,13)14)5-4-7-16-10/h4-5,7,15H,6,8H2,1H3. The quantitative estimate of drug-likeness (QED) is 0.633. The molecule has 0 unspecified atom stereocenters. The normalized spacial score (nSPS) is 10.8. The fraction of sp³-hybridized carbons (Fsp3) is 0.364. The van der Waals surface area contributed by atoms with Gasteiger partial charge in [-0.05, 0) is 19.1 Å². The number of nitrogens with zero attached hydrogens (tertiary/aromatic N) is 1. The molecule has 0 atom stereocenters. The van der Waals surface area contributed by atoms with E-state index in [0.29, 0.717) is 6.54 Å². The smallest absolute Gasteiger partial charge is 0.301 e. The molecule has 0 amide bonds. The molecular formula is C11H11F3N2. The highest BCUT2D eigenvalue weighted by Crippen LogP contribution is 2.30. The maximum atomic E-state index is 12.5. The maximum absolute atomic E-state index is 12.5. The average Bonchev–Trinajstić information content (AvgIpc) is 2.24. The van der Waals surface area contributed by atoms with Crippen molar-refractivity contribution in [2.45, 2.75) is 19.6 Å². The first kappa shape index (κ1) is 12.5. The number of hydrogen-bond acceptors (Lipinski definition) is 2. The molecular weight excluding hydrogens is 217 g/mol. The second-order valence-corrected chi connectivity index (χ2v) is 3.03. The zero-order chi connectivity index (χ0) is 12.0. The number of rotatable bonds is 3. The van der Waals surface area contributed by atoms with Crippen LogP contribution >= 0.6 is 0 Å². The number of pyridine rings is 1. The number of halogens is 3. The van der Waals surface area contributed by atoms with E-state index in [2.05, 4.69) is 22.1 Å². The van der Waals surface area contributed by atoms with Gasteiger partial charge in [-0.25, -0.2) is 0 Å². The Hall–Kier alpha value is -1.54. The van der Waals surface area contributed by atoms with Gasteiger partial charge in [0.25, 0.3) is 0 Å². The Balaban J connectivity index is 2.74. The number of nitrogens with one attached hydrogen (secondary N) is 1. The molecule has 1 aromatic rings. The minimum absolute atomic E-state index is 0.00657. The molecule has 0 aromatic carbocycles. The van der Waals surface area contributed by atoms with Crippen molar-refractivity contribution in [3.8, 4) is 11.8 Å². The van der Waals surface area contributed by atoms with Gasteiger partial charge in [0.2, 0.25) is 0 Å². The summed E-state index contributed by atoms with van der Waals surface area (Å²) in [6.07, 6.45) is -3.01. The first-order valence-electron chi connectivity index (χ1n) is 4.67. The van der Waals surface area contributed by atoms with Crippen molar-refractivity contribution in [1.82, 2.24) is 10.3 Å². The third kappa shape index (κ3) is 3.55. The number of hydrogen-bond donors (Lipinski definition) is 1. The Morgan fingerprint density at radius 1 is 1.44 bits per heavy atom. The lowest BCUT2D eigenvalue weighted by Crippen LogP contribution is -2.19. The molecule has 16 heavy (non-hydrogen) atoms. The van der Waals surface area contributed by atoms with Crippen LogP contribution in [0, 0.1) is 11.8 Å². The molecule has 86 valence electrons. The molecule has 0 bridgehead atoms. The third-order valence-electron chi connectivity index (χ3n) is 1.88. The zero-order valence-corrected chi connectivity index (χ0v) is 8.73. The minimum atomic E-state index is -4.36. The maximum Gasteiger partial charge on any atom is 0.418 e. The van der Waals surface area contributed by atoms with Crippen LogP contribution in [0.1, 0.15) is 18.2 Å². The van der Waals surface area contributed by atoms with Crippen molar-refractivity contribution in [3.05, 3.63) is 29.6 Å². The van der Waals surface area contributed by atoms with Gasteiger partial charge in [0.15, 0.2) is 0 Å². The Bertz CT molecular complexity index is 402. The largest absolute Gasteiger partial charge is 0.418 e. The molecule has 1 N–H and O–H groups in total. The third-order valence-corrected chi connectivity index (χ3v) is 1.88. The summed E-state index contributed by atoms with van der Waals surface area (Å²) in [6, 6.07) is 2.30. The summed E-state index contributed by atoms with van der Waals surface area (Å²) >= 11 is 0. The molecule has 0 saturated carbocycles. The minimum Gasteiger partial charge on any atom is -0.301 e. The monoisotopic (exact) mass is 228 g/mol. The van der Waals surface area contributed by atoms with Crippen molar-refractivity contribution < 1.29 is 13.2 Å². The van der Waals surface area contributed by atoms with Crippen molar-refractivity contribution in [2.24, 2.45) is 0 Å². The average molecular weight is 228 g/mol. The second-order valence-electron chi connectivity index (χ2n) is 3.03. The van der Waals surface area contributed by atoms with E-state index in [9.17, 15) is 13.2 Å². The lowest BCUT2D eigenvalue weighted by Gasteiger charge is -2.11. The molecule has 0 aliphatic heterocycles. The van der Waals surface area contributed by atoms with Crippen LogP contribution in [0.25, 0.3) is 0 Å². The summed E-state index contributed by atoms with van der Waals surface area (Å²) in [5.74, 6) is 5.35. The van der Waals surface area contributed by atoms with Crippen molar-refractivity contribution in [2.75, 3.05) is 6.54 Å². The van der Waals surface area contributed by atoms with Gasteiger partial charge in [-0.2, -0.15) is 13.2 Å². The lowest BCUT2D eigenvalue weighted by atomic mass is 10.2. The molecule has 0 spiro atoms. The van der Waals surface area contributed by atoms with Crippen molar-refractivity contribution in [1.29, 1.82) is 0 Å². The summed E-state index contributed by atoms with van der Waals surface area (Å²) in [7, 11) is 0. The van der Waals surface area contributed by atoms with E-state index in [1.54, 1.807) is 6.92 Å². The van der Waals surface area contributed by atoms with Gasteiger partial charge in [-0.3, -0.25) is 4.98 Å². The zero-order valence-electron chi connectivity index (χ0n) is 8.73. The second kappa shape index (κ2) is 5.52. The molecule has 0 radical (unpaired) electrons. The Morgan fingerprint density at radius 3 is 2.81 bits per heavy atom. The summed E-state index contributed by atoms with van der Waals surface area (Å²) < 4.78 is 37.6. The van der Waals surface area contributed by atoms with Gasteiger partial charge in [-0.15, -0.1) is 5.92 Å². The highest BCUT2D eigenvalue weighted by molar-refractivity contribution is 5.22. The SMILES string of the molecule is CC#CCNCc1ncccc1C(F)(F)F. The van der Waals surface area contributed by atoms with E-state index >= 15 is 0 Å². The van der Waals surface area contributed by atoms with Crippen LogP contribution in [0.2, 0.25) is 0 Å². The summed E-state index contributed by atoms with van der Waals surface area (Å²) in [6.45, 7) is 2.08. The van der Waals surface area contributed by atoms with E-state index in [1.807, 2.05) is 0 Å². The van der Waals surface area contributed by atoms with Crippen LogP contribution in [0.15, 0.2) is 18.3 Å². The van der Waals surface area contributed by atoms with Gasteiger partial charge < -0.3 is 5.32 Å². The fourth-order valence-electron chi connectivity index (χ4n) is 1.17. The summed E-state index contributed by atoms with van der Waals surface area (Å²) in [5.41, 5.74) is -0.708. The lowest BCUT2D eigenvalue weighted by molar-refractivity contribution is -0.138. The predicted molar refractivity (Wildman–Crippen MR) is 54.4 cm³/mol. The molecule has 0 aliphatic carbocycles. The van der Waals surface area contributed by atoms with Gasteiger partial charge >= 0.3 is 6.18 Å². The molecule has 2 nitrogen and oxygen atoms in total. The number of aromatic nitrogens is 1. The molecule has 0 aliphatic rings. The van der Waals surface area contributed by atoms with E-state index in [-0.39, 0.29) is 12.2 Å². The highest BCUT2D eigenvalue weighted by Gasteiger charge is 2.33. The first-order valence-corrected chi connectivity index (χ1v) is 4.67. The van der Waals surface area contributed by atoms with Crippen LogP contribution in [-0.4, -0.2) is 11.5 Å². The van der Waals surface area contributed by atoms with Gasteiger partial charge in [0, 0.05) is 12.7 Å². The fourth-order valence-corrected chi connectivity index (χ4v) is 1.17. The summed E-state index contributed by atoms with van der Waals surface area (Å²) in [4.78, 5) is 3.71. The highest BCUT2D eigenvalue weighted by atomic mass is 19.4. The summed E-state index contributed by atoms with van der Waals surface area (Å²) in [5, 5.41) is 2.78. The molecule has 0 fully saturated rings. The molecule has 1 aromatic heterocycles. The first-order chi connectivity index (χ1) is 7.55.